The lowest BCUT2D eigenvalue weighted by atomic mass is 10.2. The topological polar surface area (TPSA) is 42.4 Å². The van der Waals surface area contributed by atoms with Crippen molar-refractivity contribution in [2.75, 3.05) is 26.8 Å². The number of methoxy groups -OCH3 is 1. The van der Waals surface area contributed by atoms with Crippen molar-refractivity contribution in [3.8, 4) is 0 Å². The standard InChI is InChI=1S/C15H18N2O2/c1-3-17(10-11-19-2)15(18)14-9-8-12-6-4-5-7-13(12)16-14/h4-9H,3,10-11H2,1-2H3. The van der Waals surface area contributed by atoms with Gasteiger partial charge in [0.15, 0.2) is 0 Å². The molecule has 0 saturated heterocycles. The number of amides is 1. The molecule has 19 heavy (non-hydrogen) atoms. The molecule has 0 N–H and O–H groups in total. The fourth-order valence-electron chi connectivity index (χ4n) is 1.95. The Labute approximate surface area is 113 Å². The first-order chi connectivity index (χ1) is 9.26. The summed E-state index contributed by atoms with van der Waals surface area (Å²) >= 11 is 0. The zero-order valence-corrected chi connectivity index (χ0v) is 11.3. The number of ether oxygens (including phenoxy) is 1. The Morgan fingerprint density at radius 3 is 2.79 bits per heavy atom. The normalized spacial score (nSPS) is 10.6. The first kappa shape index (κ1) is 13.5. The van der Waals surface area contributed by atoms with E-state index in [0.29, 0.717) is 25.4 Å². The van der Waals surface area contributed by atoms with Crippen LogP contribution in [0.1, 0.15) is 17.4 Å². The van der Waals surface area contributed by atoms with Gasteiger partial charge in [0, 0.05) is 25.6 Å². The summed E-state index contributed by atoms with van der Waals surface area (Å²) in [6, 6.07) is 11.5. The van der Waals surface area contributed by atoms with Crippen molar-refractivity contribution in [3.63, 3.8) is 0 Å². The van der Waals surface area contributed by atoms with Crippen molar-refractivity contribution in [2.45, 2.75) is 6.92 Å². The van der Waals surface area contributed by atoms with Crippen LogP contribution in [0.15, 0.2) is 36.4 Å². The zero-order chi connectivity index (χ0) is 13.7. The van der Waals surface area contributed by atoms with Gasteiger partial charge in [-0.2, -0.15) is 0 Å². The van der Waals surface area contributed by atoms with Gasteiger partial charge in [-0.15, -0.1) is 0 Å². The zero-order valence-electron chi connectivity index (χ0n) is 11.3. The molecule has 1 amide bonds. The largest absolute Gasteiger partial charge is 0.383 e. The summed E-state index contributed by atoms with van der Waals surface area (Å²) in [5, 5.41) is 1.04. The van der Waals surface area contributed by atoms with Crippen molar-refractivity contribution >= 4 is 16.8 Å². The molecule has 100 valence electrons. The second kappa shape index (κ2) is 6.29. The maximum absolute atomic E-state index is 12.3. The summed E-state index contributed by atoms with van der Waals surface area (Å²) in [6.45, 7) is 3.72. The quantitative estimate of drug-likeness (QED) is 0.826. The highest BCUT2D eigenvalue weighted by atomic mass is 16.5. The molecule has 0 aliphatic rings. The summed E-state index contributed by atoms with van der Waals surface area (Å²) in [5.41, 5.74) is 1.33. The Morgan fingerprint density at radius 2 is 2.05 bits per heavy atom. The number of aromatic nitrogens is 1. The molecule has 0 atom stereocenters. The van der Waals surface area contributed by atoms with Crippen LogP contribution in [0.3, 0.4) is 0 Å². The predicted molar refractivity (Wildman–Crippen MR) is 75.2 cm³/mol. The average Bonchev–Trinajstić information content (AvgIpc) is 2.47. The van der Waals surface area contributed by atoms with Gasteiger partial charge >= 0.3 is 0 Å². The highest BCUT2D eigenvalue weighted by Crippen LogP contribution is 2.13. The molecule has 4 heteroatoms. The van der Waals surface area contributed by atoms with E-state index in [1.165, 1.54) is 0 Å². The van der Waals surface area contributed by atoms with E-state index in [1.54, 1.807) is 18.1 Å². The smallest absolute Gasteiger partial charge is 0.272 e. The predicted octanol–water partition coefficient (Wildman–Crippen LogP) is 2.34. The number of hydrogen-bond acceptors (Lipinski definition) is 3. The number of pyridine rings is 1. The van der Waals surface area contributed by atoms with E-state index in [9.17, 15) is 4.79 Å². The number of nitrogens with zero attached hydrogens (tertiary/aromatic N) is 2. The van der Waals surface area contributed by atoms with Crippen LogP contribution < -0.4 is 0 Å². The van der Waals surface area contributed by atoms with Gasteiger partial charge in [-0.05, 0) is 19.1 Å². The molecule has 0 aliphatic heterocycles. The van der Waals surface area contributed by atoms with Crippen molar-refractivity contribution < 1.29 is 9.53 Å². The molecule has 0 radical (unpaired) electrons. The Morgan fingerprint density at radius 1 is 1.26 bits per heavy atom. The van der Waals surface area contributed by atoms with Gasteiger partial charge in [-0.3, -0.25) is 4.79 Å². The summed E-state index contributed by atoms with van der Waals surface area (Å²) in [6.07, 6.45) is 0. The Balaban J connectivity index is 2.24. The van der Waals surface area contributed by atoms with Crippen LogP contribution in [0, 0.1) is 0 Å². The van der Waals surface area contributed by atoms with Crippen molar-refractivity contribution in [1.82, 2.24) is 9.88 Å². The third kappa shape index (κ3) is 3.09. The summed E-state index contributed by atoms with van der Waals surface area (Å²) in [5.74, 6) is -0.0506. The number of carbonyl (C=O) groups is 1. The molecular weight excluding hydrogens is 240 g/mol. The van der Waals surface area contributed by atoms with Crippen LogP contribution in [-0.2, 0) is 4.74 Å². The van der Waals surface area contributed by atoms with Crippen LogP contribution in [0.25, 0.3) is 10.9 Å². The maximum atomic E-state index is 12.3. The number of para-hydroxylation sites is 1. The summed E-state index contributed by atoms with van der Waals surface area (Å²) < 4.78 is 5.02. The number of rotatable bonds is 5. The van der Waals surface area contributed by atoms with Crippen molar-refractivity contribution in [3.05, 3.63) is 42.1 Å². The third-order valence-electron chi connectivity index (χ3n) is 3.05. The van der Waals surface area contributed by atoms with E-state index in [-0.39, 0.29) is 5.91 Å². The molecule has 1 aromatic carbocycles. The van der Waals surface area contributed by atoms with E-state index < -0.39 is 0 Å². The monoisotopic (exact) mass is 258 g/mol. The average molecular weight is 258 g/mol. The van der Waals surface area contributed by atoms with Crippen molar-refractivity contribution in [1.29, 1.82) is 0 Å². The number of likely N-dealkylation sites (N-methyl/N-ethyl adjacent to an activating group) is 1. The Kier molecular flexibility index (Phi) is 4.47. The minimum atomic E-state index is -0.0506. The molecule has 0 bridgehead atoms. The molecule has 0 spiro atoms. The number of benzene rings is 1. The highest BCUT2D eigenvalue weighted by Gasteiger charge is 2.15. The lowest BCUT2D eigenvalue weighted by Gasteiger charge is -2.20. The van der Waals surface area contributed by atoms with Crippen LogP contribution in [-0.4, -0.2) is 42.6 Å². The molecule has 1 heterocycles. The Hall–Kier alpha value is -1.94. The van der Waals surface area contributed by atoms with E-state index in [2.05, 4.69) is 4.98 Å². The molecule has 0 saturated carbocycles. The van der Waals surface area contributed by atoms with Gasteiger partial charge in [0.1, 0.15) is 5.69 Å². The van der Waals surface area contributed by atoms with Crippen LogP contribution >= 0.6 is 0 Å². The summed E-state index contributed by atoms with van der Waals surface area (Å²) in [7, 11) is 1.63. The second-order valence-corrected chi connectivity index (χ2v) is 4.27. The molecule has 2 rings (SSSR count). The molecular formula is C15H18N2O2. The molecule has 1 aromatic heterocycles. The molecule has 4 nitrogen and oxygen atoms in total. The van der Waals surface area contributed by atoms with Crippen LogP contribution in [0.4, 0.5) is 0 Å². The van der Waals surface area contributed by atoms with E-state index in [4.69, 9.17) is 4.74 Å². The second-order valence-electron chi connectivity index (χ2n) is 4.27. The van der Waals surface area contributed by atoms with Gasteiger partial charge in [-0.1, -0.05) is 24.3 Å². The van der Waals surface area contributed by atoms with E-state index in [1.807, 2.05) is 37.3 Å². The fraction of sp³-hybridized carbons (Fsp3) is 0.333. The molecule has 0 unspecified atom stereocenters. The van der Waals surface area contributed by atoms with Gasteiger partial charge in [0.25, 0.3) is 5.91 Å². The summed E-state index contributed by atoms with van der Waals surface area (Å²) in [4.78, 5) is 18.5. The minimum absolute atomic E-state index is 0.0506. The van der Waals surface area contributed by atoms with Crippen LogP contribution in [0.2, 0.25) is 0 Å². The molecule has 0 aliphatic carbocycles. The first-order valence-electron chi connectivity index (χ1n) is 6.40. The number of fused-ring (bicyclic) bond motifs is 1. The van der Waals surface area contributed by atoms with Crippen LogP contribution in [0.5, 0.6) is 0 Å². The van der Waals surface area contributed by atoms with Gasteiger partial charge in [0.05, 0.1) is 12.1 Å². The molecule has 0 fully saturated rings. The highest BCUT2D eigenvalue weighted by molar-refractivity contribution is 5.94. The fourth-order valence-corrected chi connectivity index (χ4v) is 1.95. The first-order valence-corrected chi connectivity index (χ1v) is 6.40. The lowest BCUT2D eigenvalue weighted by molar-refractivity contribution is 0.0701. The van der Waals surface area contributed by atoms with Crippen molar-refractivity contribution in [2.24, 2.45) is 0 Å². The molecule has 2 aromatic rings. The van der Waals surface area contributed by atoms with Gasteiger partial charge in [-0.25, -0.2) is 4.98 Å². The third-order valence-corrected chi connectivity index (χ3v) is 3.05. The Bertz CT molecular complexity index is 569. The lowest BCUT2D eigenvalue weighted by Crippen LogP contribution is -2.34. The number of carbonyl (C=O) groups excluding carboxylic acids is 1. The van der Waals surface area contributed by atoms with E-state index in [0.717, 1.165) is 10.9 Å². The number of hydrogen-bond donors (Lipinski definition) is 0. The minimum Gasteiger partial charge on any atom is -0.383 e. The maximum Gasteiger partial charge on any atom is 0.272 e. The van der Waals surface area contributed by atoms with Gasteiger partial charge in [0.2, 0.25) is 0 Å². The van der Waals surface area contributed by atoms with Gasteiger partial charge < -0.3 is 9.64 Å². The SMILES string of the molecule is CCN(CCOC)C(=O)c1ccc2ccccc2n1. The van der Waals surface area contributed by atoms with E-state index >= 15 is 0 Å².